The van der Waals surface area contributed by atoms with Crippen molar-refractivity contribution in [2.45, 2.75) is 17.7 Å². The predicted molar refractivity (Wildman–Crippen MR) is 140 cm³/mol. The standard InChI is InChI=1S/C28H25N3O10/c1-30(2)21-20-23(34)17-14(10-11-5-3-6-12(9-11)31(40)41)13-7-4-8-15(32)16(13)22(33)18(17)25(36)28(20,39)26(37)19(24(21)35)27(29)38/h3-10,17-21,23,32,34,39H,1-2H3,(H2,29,38)/t17-,18?,19?,20-,21+,23+,28+/m1/s1. The number of nitrogens with two attached hydrogens (primary N) is 1. The number of ketones is 4. The van der Waals surface area contributed by atoms with Crippen LogP contribution in [0.5, 0.6) is 5.75 Å². The molecule has 0 aromatic heterocycles. The van der Waals surface area contributed by atoms with Crippen molar-refractivity contribution in [2.24, 2.45) is 29.4 Å². The molecular formula is C28H25N3O10. The van der Waals surface area contributed by atoms with E-state index in [2.05, 4.69) is 0 Å². The number of fused-ring (bicyclic) bond motifs is 3. The summed E-state index contributed by atoms with van der Waals surface area (Å²) in [4.78, 5) is 78.8. The number of aliphatic hydroxyl groups excluding tert-OH is 1. The second-order valence-electron chi connectivity index (χ2n) is 10.7. The van der Waals surface area contributed by atoms with E-state index in [-0.39, 0.29) is 28.0 Å². The van der Waals surface area contributed by atoms with Crippen molar-refractivity contribution in [1.29, 1.82) is 0 Å². The number of phenols is 1. The molecule has 0 heterocycles. The second kappa shape index (κ2) is 9.51. The number of aliphatic hydroxyl groups is 2. The number of hydrogen-bond donors (Lipinski definition) is 4. The lowest BCUT2D eigenvalue weighted by Crippen LogP contribution is -2.77. The molecule has 212 valence electrons. The van der Waals surface area contributed by atoms with Gasteiger partial charge in [0.15, 0.2) is 34.7 Å². The van der Waals surface area contributed by atoms with E-state index in [0.29, 0.717) is 0 Å². The predicted octanol–water partition coefficient (Wildman–Crippen LogP) is -0.256. The van der Waals surface area contributed by atoms with E-state index in [1.807, 2.05) is 0 Å². The van der Waals surface area contributed by atoms with E-state index in [0.717, 1.165) is 0 Å². The Balaban J connectivity index is 1.80. The summed E-state index contributed by atoms with van der Waals surface area (Å²) in [5.74, 6) is -14.2. The van der Waals surface area contributed by atoms with Crippen LogP contribution >= 0.6 is 0 Å². The molecule has 2 aromatic carbocycles. The van der Waals surface area contributed by atoms with Crippen molar-refractivity contribution in [1.82, 2.24) is 4.90 Å². The third-order valence-corrected chi connectivity index (χ3v) is 8.28. The Morgan fingerprint density at radius 3 is 2.37 bits per heavy atom. The number of likely N-dealkylation sites (N-methyl/N-ethyl adjacent to an activating group) is 1. The van der Waals surface area contributed by atoms with E-state index in [1.165, 1.54) is 67.5 Å². The highest BCUT2D eigenvalue weighted by Gasteiger charge is 2.72. The first kappa shape index (κ1) is 28.0. The third kappa shape index (κ3) is 3.84. The molecule has 7 atom stereocenters. The van der Waals surface area contributed by atoms with Crippen molar-refractivity contribution in [3.8, 4) is 5.75 Å². The van der Waals surface area contributed by atoms with Gasteiger partial charge in [0.1, 0.15) is 5.75 Å². The second-order valence-corrected chi connectivity index (χ2v) is 10.7. The maximum absolute atomic E-state index is 14.1. The number of carbonyl (C=O) groups is 5. The van der Waals surface area contributed by atoms with Crippen LogP contribution in [-0.2, 0) is 19.2 Å². The summed E-state index contributed by atoms with van der Waals surface area (Å²) in [6.45, 7) is 0. The Morgan fingerprint density at radius 2 is 1.76 bits per heavy atom. The fourth-order valence-corrected chi connectivity index (χ4v) is 6.58. The molecule has 5 N–H and O–H groups in total. The van der Waals surface area contributed by atoms with Crippen LogP contribution in [0.1, 0.15) is 21.5 Å². The minimum atomic E-state index is -3.14. The SMILES string of the molecule is CN(C)[C@@H]1C(=O)C(C(N)=O)C(=O)[C@@]2(O)C(=O)C3C(=O)c4c(O)cccc4C(=Cc4cccc([N+](=O)[O-])c4)[C@H]3[C@H](O)[C@@H]12. The molecule has 5 rings (SSSR count). The normalized spacial score (nSPS) is 32.0. The highest BCUT2D eigenvalue weighted by Crippen LogP contribution is 2.54. The summed E-state index contributed by atoms with van der Waals surface area (Å²) in [7, 11) is 2.78. The first-order valence-corrected chi connectivity index (χ1v) is 12.5. The van der Waals surface area contributed by atoms with Crippen LogP contribution in [0.4, 0.5) is 5.69 Å². The van der Waals surface area contributed by atoms with Gasteiger partial charge < -0.3 is 21.1 Å². The van der Waals surface area contributed by atoms with Gasteiger partial charge in [-0.25, -0.2) is 0 Å². The minimum absolute atomic E-state index is 0.110. The first-order valence-electron chi connectivity index (χ1n) is 12.5. The number of primary amides is 1. The number of benzene rings is 2. The molecule has 0 saturated heterocycles. The van der Waals surface area contributed by atoms with E-state index in [9.17, 15) is 49.4 Å². The first-order chi connectivity index (χ1) is 19.2. The molecule has 3 aliphatic carbocycles. The maximum atomic E-state index is 14.1. The number of hydrogen-bond acceptors (Lipinski definition) is 11. The van der Waals surface area contributed by atoms with Crippen LogP contribution in [-0.4, -0.2) is 86.0 Å². The Hall–Kier alpha value is -4.59. The van der Waals surface area contributed by atoms with Gasteiger partial charge >= 0.3 is 0 Å². The summed E-state index contributed by atoms with van der Waals surface area (Å²) < 4.78 is 0. The Morgan fingerprint density at radius 1 is 1.10 bits per heavy atom. The molecule has 0 spiro atoms. The summed E-state index contributed by atoms with van der Waals surface area (Å²) in [5, 5.41) is 45.6. The van der Waals surface area contributed by atoms with Gasteiger partial charge in [-0.05, 0) is 36.9 Å². The van der Waals surface area contributed by atoms with Gasteiger partial charge in [0, 0.05) is 18.1 Å². The molecule has 13 nitrogen and oxygen atoms in total. The van der Waals surface area contributed by atoms with Crippen molar-refractivity contribution in [3.05, 3.63) is 69.3 Å². The van der Waals surface area contributed by atoms with Crippen LogP contribution in [0.2, 0.25) is 0 Å². The number of phenolic OH excluding ortho intramolecular Hbond substituents is 1. The number of rotatable bonds is 4. The number of carbonyl (C=O) groups excluding carboxylic acids is 5. The molecule has 13 heteroatoms. The molecular weight excluding hydrogens is 538 g/mol. The molecule has 2 saturated carbocycles. The highest BCUT2D eigenvalue weighted by atomic mass is 16.6. The molecule has 41 heavy (non-hydrogen) atoms. The Bertz CT molecular complexity index is 1600. The van der Waals surface area contributed by atoms with E-state index < -0.39 is 81.1 Å². The summed E-state index contributed by atoms with van der Waals surface area (Å²) in [6, 6.07) is 7.93. The molecule has 3 aliphatic rings. The summed E-state index contributed by atoms with van der Waals surface area (Å²) >= 11 is 0. The average Bonchev–Trinajstić information content (AvgIpc) is 2.90. The van der Waals surface area contributed by atoms with Crippen LogP contribution in [0, 0.1) is 33.8 Å². The number of Topliss-reactive ketones (excluding diaryl/α,β-unsaturated/α-hetero) is 4. The van der Waals surface area contributed by atoms with Crippen molar-refractivity contribution < 1.29 is 44.2 Å². The Kier molecular flexibility index (Phi) is 6.48. The number of nitrogens with zero attached hydrogens (tertiary/aromatic N) is 2. The highest BCUT2D eigenvalue weighted by molar-refractivity contribution is 6.33. The number of aromatic hydroxyl groups is 1. The largest absolute Gasteiger partial charge is 0.507 e. The quantitative estimate of drug-likeness (QED) is 0.216. The van der Waals surface area contributed by atoms with Gasteiger partial charge in [-0.1, -0.05) is 30.3 Å². The maximum Gasteiger partial charge on any atom is 0.270 e. The van der Waals surface area contributed by atoms with Crippen LogP contribution in [0.3, 0.4) is 0 Å². The topological polar surface area (TPSA) is 218 Å². The van der Waals surface area contributed by atoms with E-state index in [1.54, 1.807) is 0 Å². The van der Waals surface area contributed by atoms with Crippen molar-refractivity contribution in [3.63, 3.8) is 0 Å². The average molecular weight is 564 g/mol. The van der Waals surface area contributed by atoms with Gasteiger partial charge in [-0.15, -0.1) is 0 Å². The minimum Gasteiger partial charge on any atom is -0.507 e. The van der Waals surface area contributed by atoms with E-state index in [4.69, 9.17) is 5.73 Å². The van der Waals surface area contributed by atoms with Gasteiger partial charge in [0.25, 0.3) is 5.69 Å². The lowest BCUT2D eigenvalue weighted by Gasteiger charge is -2.55. The summed E-state index contributed by atoms with van der Waals surface area (Å²) in [6.07, 6.45) is -0.485. The number of amides is 1. The molecule has 0 aliphatic heterocycles. The molecule has 0 bridgehead atoms. The van der Waals surface area contributed by atoms with Gasteiger partial charge in [-0.2, -0.15) is 0 Å². The molecule has 2 aromatic rings. The monoisotopic (exact) mass is 563 g/mol. The van der Waals surface area contributed by atoms with Crippen LogP contribution in [0.15, 0.2) is 42.5 Å². The van der Waals surface area contributed by atoms with E-state index >= 15 is 0 Å². The lowest BCUT2D eigenvalue weighted by molar-refractivity contribution is -0.384. The Labute approximate surface area is 232 Å². The zero-order valence-corrected chi connectivity index (χ0v) is 21.8. The molecule has 0 radical (unpaired) electrons. The third-order valence-electron chi connectivity index (χ3n) is 8.28. The van der Waals surface area contributed by atoms with Crippen molar-refractivity contribution >= 4 is 46.4 Å². The van der Waals surface area contributed by atoms with Gasteiger partial charge in [0.05, 0.1) is 34.5 Å². The zero-order valence-electron chi connectivity index (χ0n) is 21.8. The fourth-order valence-electron chi connectivity index (χ4n) is 6.58. The molecule has 1 amide bonds. The summed E-state index contributed by atoms with van der Waals surface area (Å²) in [5.41, 5.74) is 2.07. The molecule has 2 fully saturated rings. The lowest BCUT2D eigenvalue weighted by atomic mass is 9.50. The number of nitro benzene ring substituents is 1. The van der Waals surface area contributed by atoms with Gasteiger partial charge in [-0.3, -0.25) is 39.0 Å². The number of nitro groups is 1. The fraction of sp³-hybridized carbons (Fsp3) is 0.321. The number of non-ortho nitro benzene ring substituents is 1. The smallest absolute Gasteiger partial charge is 0.270 e. The van der Waals surface area contributed by atoms with Crippen molar-refractivity contribution in [2.75, 3.05) is 14.1 Å². The van der Waals surface area contributed by atoms with Crippen LogP contribution < -0.4 is 5.73 Å². The van der Waals surface area contributed by atoms with Crippen LogP contribution in [0.25, 0.3) is 11.6 Å². The zero-order chi connectivity index (χ0) is 30.1. The molecule has 2 unspecified atom stereocenters. The van der Waals surface area contributed by atoms with Gasteiger partial charge in [0.2, 0.25) is 5.91 Å².